The van der Waals surface area contributed by atoms with Crippen molar-refractivity contribution in [1.82, 2.24) is 5.32 Å². The lowest BCUT2D eigenvalue weighted by atomic mass is 10.0. The van der Waals surface area contributed by atoms with Gasteiger partial charge in [0.05, 0.1) is 25.2 Å². The monoisotopic (exact) mass is 862 g/mol. The van der Waals surface area contributed by atoms with E-state index in [0.717, 1.165) is 51.4 Å². The van der Waals surface area contributed by atoms with Crippen LogP contribution in [0, 0.1) is 0 Å². The Labute approximate surface area is 380 Å². The molecular weight excluding hydrogens is 755 g/mol. The first-order valence-corrected chi connectivity index (χ1v) is 27.4. The Balaban J connectivity index is 4.52. The topological polar surface area (TPSA) is 95.9 Å². The molecule has 0 bridgehead atoms. The fraction of sp³-hybridized carbons (Fsp3) is 0.927. The maximum absolute atomic E-state index is 13.2. The van der Waals surface area contributed by atoms with Crippen LogP contribution in [0.1, 0.15) is 303 Å². The molecular formula is C55H107NO5. The van der Waals surface area contributed by atoms with Gasteiger partial charge in [-0.25, -0.2) is 0 Å². The smallest absolute Gasteiger partial charge is 0.306 e. The number of nitrogens with one attached hydrogen (secondary N) is 1. The number of allylic oxidation sites excluding steroid dienone is 2. The quantitative estimate of drug-likeness (QED) is 0.0322. The zero-order chi connectivity index (χ0) is 44.5. The third-order valence-corrected chi connectivity index (χ3v) is 12.8. The molecule has 6 nitrogen and oxygen atoms in total. The van der Waals surface area contributed by atoms with Gasteiger partial charge in [-0.1, -0.05) is 251 Å². The standard InChI is InChI=1S/C55H107NO5/c1-4-7-10-13-16-19-22-25-26-27-28-30-31-34-37-40-43-46-51(61-55(60)48-45-42-39-36-33-24-21-18-15-12-9-6-3)49-54(59)56-52(50-57)53(58)47-44-41-38-35-32-29-23-20-17-14-11-8-5-2/h18,21,51-53,57-58H,4-17,19-20,22-50H2,1-3H3,(H,56,59)/b21-18-. The van der Waals surface area contributed by atoms with Gasteiger partial charge in [0.25, 0.3) is 0 Å². The van der Waals surface area contributed by atoms with Gasteiger partial charge in [-0.05, 0) is 51.4 Å². The Morgan fingerprint density at radius 1 is 0.459 bits per heavy atom. The van der Waals surface area contributed by atoms with E-state index < -0.39 is 18.2 Å². The van der Waals surface area contributed by atoms with Gasteiger partial charge < -0.3 is 20.3 Å². The van der Waals surface area contributed by atoms with Gasteiger partial charge in [0.15, 0.2) is 0 Å². The number of hydrogen-bond donors (Lipinski definition) is 3. The molecule has 0 aliphatic carbocycles. The number of aliphatic hydroxyl groups excluding tert-OH is 2. The van der Waals surface area contributed by atoms with Crippen molar-refractivity contribution in [3.8, 4) is 0 Å². The molecule has 0 aromatic carbocycles. The second-order valence-corrected chi connectivity index (χ2v) is 19.0. The molecule has 6 heteroatoms. The van der Waals surface area contributed by atoms with Crippen LogP contribution in [0.5, 0.6) is 0 Å². The third-order valence-electron chi connectivity index (χ3n) is 12.8. The average Bonchev–Trinajstić information content (AvgIpc) is 3.25. The fourth-order valence-corrected chi connectivity index (χ4v) is 8.66. The van der Waals surface area contributed by atoms with E-state index in [2.05, 4.69) is 38.2 Å². The van der Waals surface area contributed by atoms with Crippen LogP contribution >= 0.6 is 0 Å². The second-order valence-electron chi connectivity index (χ2n) is 19.0. The zero-order valence-corrected chi connectivity index (χ0v) is 41.3. The molecule has 3 unspecified atom stereocenters. The minimum atomic E-state index is -0.783. The Morgan fingerprint density at radius 3 is 1.20 bits per heavy atom. The van der Waals surface area contributed by atoms with E-state index in [-0.39, 0.29) is 24.9 Å². The summed E-state index contributed by atoms with van der Waals surface area (Å²) in [4.78, 5) is 26.2. The van der Waals surface area contributed by atoms with Crippen LogP contribution in [0.2, 0.25) is 0 Å². The highest BCUT2D eigenvalue weighted by Crippen LogP contribution is 2.19. The maximum atomic E-state index is 13.2. The maximum Gasteiger partial charge on any atom is 0.306 e. The molecule has 3 N–H and O–H groups in total. The van der Waals surface area contributed by atoms with E-state index >= 15 is 0 Å². The summed E-state index contributed by atoms with van der Waals surface area (Å²) in [7, 11) is 0. The molecule has 0 fully saturated rings. The summed E-state index contributed by atoms with van der Waals surface area (Å²) in [5.41, 5.74) is 0. The van der Waals surface area contributed by atoms with E-state index in [9.17, 15) is 19.8 Å². The molecule has 0 heterocycles. The highest BCUT2D eigenvalue weighted by Gasteiger charge is 2.24. The van der Waals surface area contributed by atoms with E-state index in [4.69, 9.17) is 4.74 Å². The van der Waals surface area contributed by atoms with Crippen LogP contribution < -0.4 is 5.32 Å². The van der Waals surface area contributed by atoms with Crippen molar-refractivity contribution in [3.05, 3.63) is 12.2 Å². The van der Waals surface area contributed by atoms with Crippen LogP contribution in [0.25, 0.3) is 0 Å². The van der Waals surface area contributed by atoms with E-state index in [1.165, 1.54) is 205 Å². The molecule has 0 aliphatic rings. The van der Waals surface area contributed by atoms with Crippen molar-refractivity contribution in [3.63, 3.8) is 0 Å². The van der Waals surface area contributed by atoms with Gasteiger partial charge in [0.1, 0.15) is 6.10 Å². The van der Waals surface area contributed by atoms with Crippen LogP contribution in [-0.4, -0.2) is 46.9 Å². The van der Waals surface area contributed by atoms with Crippen molar-refractivity contribution in [1.29, 1.82) is 0 Å². The largest absolute Gasteiger partial charge is 0.462 e. The molecule has 61 heavy (non-hydrogen) atoms. The molecule has 0 saturated carbocycles. The molecule has 1 amide bonds. The molecule has 0 rings (SSSR count). The molecule has 3 atom stereocenters. The van der Waals surface area contributed by atoms with Crippen molar-refractivity contribution in [2.75, 3.05) is 6.61 Å². The van der Waals surface area contributed by atoms with E-state index in [1.54, 1.807) is 0 Å². The fourth-order valence-electron chi connectivity index (χ4n) is 8.66. The predicted molar refractivity (Wildman–Crippen MR) is 264 cm³/mol. The lowest BCUT2D eigenvalue weighted by Crippen LogP contribution is -2.46. The van der Waals surface area contributed by atoms with Crippen molar-refractivity contribution >= 4 is 11.9 Å². The van der Waals surface area contributed by atoms with Gasteiger partial charge >= 0.3 is 5.97 Å². The van der Waals surface area contributed by atoms with E-state index in [0.29, 0.717) is 19.3 Å². The summed E-state index contributed by atoms with van der Waals surface area (Å²) < 4.78 is 5.94. The second kappa shape index (κ2) is 49.6. The van der Waals surface area contributed by atoms with Crippen molar-refractivity contribution < 1.29 is 24.5 Å². The number of carbonyl (C=O) groups is 2. The van der Waals surface area contributed by atoms with Crippen LogP contribution in [-0.2, 0) is 14.3 Å². The number of esters is 1. The first-order valence-electron chi connectivity index (χ1n) is 27.4. The highest BCUT2D eigenvalue weighted by molar-refractivity contribution is 5.77. The molecule has 0 aromatic heterocycles. The number of ether oxygens (including phenoxy) is 1. The Kier molecular flexibility index (Phi) is 48.5. The Bertz CT molecular complexity index is 924. The number of aliphatic hydroxyl groups is 2. The van der Waals surface area contributed by atoms with Gasteiger partial charge in [-0.3, -0.25) is 9.59 Å². The molecule has 0 aromatic rings. The van der Waals surface area contributed by atoms with Crippen molar-refractivity contribution in [2.24, 2.45) is 0 Å². The summed E-state index contributed by atoms with van der Waals surface area (Å²) >= 11 is 0. The van der Waals surface area contributed by atoms with Gasteiger partial charge in [0, 0.05) is 6.42 Å². The minimum Gasteiger partial charge on any atom is -0.462 e. The highest BCUT2D eigenvalue weighted by atomic mass is 16.5. The Morgan fingerprint density at radius 2 is 0.787 bits per heavy atom. The summed E-state index contributed by atoms with van der Waals surface area (Å²) in [6.45, 7) is 6.49. The number of carbonyl (C=O) groups excluding carboxylic acids is 2. The molecule has 0 radical (unpaired) electrons. The summed E-state index contributed by atoms with van der Waals surface area (Å²) in [5, 5.41) is 23.8. The minimum absolute atomic E-state index is 0.0819. The zero-order valence-electron chi connectivity index (χ0n) is 41.3. The molecule has 0 spiro atoms. The first-order chi connectivity index (χ1) is 30.0. The van der Waals surface area contributed by atoms with E-state index in [1.807, 2.05) is 0 Å². The normalized spacial score (nSPS) is 13.2. The number of unbranched alkanes of at least 4 members (excludes halogenated alkanes) is 36. The Hall–Kier alpha value is -1.40. The summed E-state index contributed by atoms with van der Waals surface area (Å²) in [6.07, 6.45) is 55.6. The van der Waals surface area contributed by atoms with Crippen LogP contribution in [0.15, 0.2) is 12.2 Å². The first kappa shape index (κ1) is 59.6. The van der Waals surface area contributed by atoms with Gasteiger partial charge in [-0.15, -0.1) is 0 Å². The van der Waals surface area contributed by atoms with Crippen molar-refractivity contribution in [2.45, 2.75) is 322 Å². The molecule has 362 valence electrons. The van der Waals surface area contributed by atoms with Crippen LogP contribution in [0.3, 0.4) is 0 Å². The van der Waals surface area contributed by atoms with Crippen LogP contribution in [0.4, 0.5) is 0 Å². The number of rotatable bonds is 50. The third kappa shape index (κ3) is 45.0. The average molecular weight is 862 g/mol. The lowest BCUT2D eigenvalue weighted by Gasteiger charge is -2.24. The van der Waals surface area contributed by atoms with Gasteiger partial charge in [0.2, 0.25) is 5.91 Å². The van der Waals surface area contributed by atoms with Gasteiger partial charge in [-0.2, -0.15) is 0 Å². The molecule has 0 aliphatic heterocycles. The summed E-state index contributed by atoms with van der Waals surface area (Å²) in [5.74, 6) is -0.464. The number of hydrogen-bond acceptors (Lipinski definition) is 5. The number of amides is 1. The SMILES string of the molecule is CCCCC/C=C\CCCCCCCC(=O)OC(CCCCCCCCCCCCCCCCCCC)CC(=O)NC(CO)C(O)CCCCCCCCCCCCCCC. The predicted octanol–water partition coefficient (Wildman–Crippen LogP) is 16.5. The lowest BCUT2D eigenvalue weighted by molar-refractivity contribution is -0.151. The molecule has 0 saturated heterocycles. The summed E-state index contributed by atoms with van der Waals surface area (Å²) in [6, 6.07) is -0.696.